The van der Waals surface area contributed by atoms with Crippen LogP contribution in [0.25, 0.3) is 11.2 Å². The molecule has 0 atom stereocenters. The van der Waals surface area contributed by atoms with E-state index < -0.39 is 17.6 Å². The summed E-state index contributed by atoms with van der Waals surface area (Å²) < 4.78 is 38.3. The molecular formula is C9H8F3N5O. The third-order valence-corrected chi connectivity index (χ3v) is 2.35. The van der Waals surface area contributed by atoms with Gasteiger partial charge in [-0.25, -0.2) is 9.97 Å². The van der Waals surface area contributed by atoms with Crippen molar-refractivity contribution in [3.63, 3.8) is 0 Å². The van der Waals surface area contributed by atoms with E-state index in [2.05, 4.69) is 9.97 Å². The molecule has 18 heavy (non-hydrogen) atoms. The summed E-state index contributed by atoms with van der Waals surface area (Å²) in [5.41, 5.74) is -0.157. The summed E-state index contributed by atoms with van der Waals surface area (Å²) in [5.74, 6) is -2.15. The fourth-order valence-electron chi connectivity index (χ4n) is 1.56. The number of fused-ring (bicyclic) bond motifs is 1. The Morgan fingerprint density at radius 1 is 1.44 bits per heavy atom. The highest BCUT2D eigenvalue weighted by Gasteiger charge is 2.42. The lowest BCUT2D eigenvalue weighted by Gasteiger charge is -2.08. The van der Waals surface area contributed by atoms with Crippen LogP contribution < -0.4 is 5.49 Å². The average Bonchev–Trinajstić information content (AvgIpc) is 2.49. The Bertz CT molecular complexity index is 697. The number of hydrogen-bond acceptors (Lipinski definition) is 4. The van der Waals surface area contributed by atoms with E-state index in [-0.39, 0.29) is 15.8 Å². The number of nitrogens with one attached hydrogen (secondary N) is 1. The molecule has 2 aromatic heterocycles. The number of alkyl halides is 3. The highest BCUT2D eigenvalue weighted by molar-refractivity contribution is 5.86. The van der Waals surface area contributed by atoms with Gasteiger partial charge in [-0.15, -0.1) is 0 Å². The standard InChI is InChI=1S/C9H8F3N5O/c1-4-3-14-5-6(13)17(8(18)9(10,11)12)16(2)7(5)15-4/h3,13H,1-2H3. The van der Waals surface area contributed by atoms with Crippen molar-refractivity contribution in [1.82, 2.24) is 19.3 Å². The summed E-state index contributed by atoms with van der Waals surface area (Å²) in [7, 11) is 1.22. The molecule has 0 amide bonds. The minimum Gasteiger partial charge on any atom is -0.281 e. The average molecular weight is 259 g/mol. The number of carbonyl (C=O) groups is 1. The van der Waals surface area contributed by atoms with Crippen molar-refractivity contribution in [2.75, 3.05) is 0 Å². The van der Waals surface area contributed by atoms with Crippen molar-refractivity contribution >= 4 is 17.1 Å². The first-order valence-electron chi connectivity index (χ1n) is 4.81. The van der Waals surface area contributed by atoms with E-state index in [1.54, 1.807) is 6.92 Å². The van der Waals surface area contributed by atoms with Gasteiger partial charge in [-0.05, 0) is 6.92 Å². The third kappa shape index (κ3) is 1.67. The molecule has 0 aromatic carbocycles. The minimum atomic E-state index is -5.06. The zero-order valence-electron chi connectivity index (χ0n) is 9.41. The zero-order valence-corrected chi connectivity index (χ0v) is 9.41. The molecule has 0 radical (unpaired) electrons. The second-order valence-electron chi connectivity index (χ2n) is 3.67. The van der Waals surface area contributed by atoms with Crippen molar-refractivity contribution in [2.24, 2.45) is 7.05 Å². The molecule has 2 aromatic rings. The summed E-state index contributed by atoms with van der Waals surface area (Å²) >= 11 is 0. The fourth-order valence-corrected chi connectivity index (χ4v) is 1.56. The molecule has 0 unspecified atom stereocenters. The Balaban J connectivity index is 2.82. The molecule has 2 heterocycles. The van der Waals surface area contributed by atoms with E-state index in [0.29, 0.717) is 5.69 Å². The minimum absolute atomic E-state index is 0.0533. The number of aromatic nitrogens is 4. The number of hydrogen-bond donors (Lipinski definition) is 1. The summed E-state index contributed by atoms with van der Waals surface area (Å²) in [5, 5.41) is 7.56. The summed E-state index contributed by atoms with van der Waals surface area (Å²) in [6, 6.07) is 0. The maximum Gasteiger partial charge on any atom is 0.473 e. The smallest absolute Gasteiger partial charge is 0.281 e. The Morgan fingerprint density at radius 3 is 2.61 bits per heavy atom. The number of nitrogens with zero attached hydrogens (tertiary/aromatic N) is 4. The predicted molar refractivity (Wildman–Crippen MR) is 53.8 cm³/mol. The van der Waals surface area contributed by atoms with Crippen LogP contribution in [0, 0.1) is 12.3 Å². The van der Waals surface area contributed by atoms with Gasteiger partial charge in [-0.1, -0.05) is 0 Å². The SMILES string of the molecule is Cc1cnc2c(=N)n(C(=O)C(F)(F)F)n(C)c2n1. The lowest BCUT2D eigenvalue weighted by molar-refractivity contribution is -0.0965. The molecule has 0 aliphatic carbocycles. The van der Waals surface area contributed by atoms with Gasteiger partial charge in [0.25, 0.3) is 0 Å². The molecule has 0 saturated carbocycles. The van der Waals surface area contributed by atoms with Crippen molar-refractivity contribution in [1.29, 1.82) is 5.41 Å². The topological polar surface area (TPSA) is 76.6 Å². The Hall–Kier alpha value is -2.19. The molecule has 0 bridgehead atoms. The maximum atomic E-state index is 12.4. The first kappa shape index (κ1) is 12.3. The highest BCUT2D eigenvalue weighted by atomic mass is 19.4. The van der Waals surface area contributed by atoms with Gasteiger partial charge in [-0.2, -0.15) is 17.9 Å². The van der Waals surface area contributed by atoms with Crippen LogP contribution >= 0.6 is 0 Å². The molecule has 1 N–H and O–H groups in total. The van der Waals surface area contributed by atoms with Crippen LogP contribution in [0.1, 0.15) is 10.5 Å². The second-order valence-corrected chi connectivity index (χ2v) is 3.67. The van der Waals surface area contributed by atoms with Crippen molar-refractivity contribution < 1.29 is 18.0 Å². The molecule has 0 saturated heterocycles. The first-order chi connectivity index (χ1) is 8.23. The molecule has 0 aliphatic heterocycles. The molecule has 2 rings (SSSR count). The van der Waals surface area contributed by atoms with Gasteiger partial charge in [-0.3, -0.25) is 14.9 Å². The Morgan fingerprint density at radius 2 is 2.06 bits per heavy atom. The highest BCUT2D eigenvalue weighted by Crippen LogP contribution is 2.17. The molecule has 9 heteroatoms. The molecule has 0 fully saturated rings. The van der Waals surface area contributed by atoms with E-state index in [1.807, 2.05) is 0 Å². The van der Waals surface area contributed by atoms with Crippen LogP contribution in [-0.4, -0.2) is 31.4 Å². The Labute approximate surface area is 98.2 Å². The Kier molecular flexibility index (Phi) is 2.49. The van der Waals surface area contributed by atoms with Gasteiger partial charge in [0.2, 0.25) is 0 Å². The van der Waals surface area contributed by atoms with Crippen LogP contribution in [0.3, 0.4) is 0 Å². The van der Waals surface area contributed by atoms with Crippen molar-refractivity contribution in [3.8, 4) is 0 Å². The monoisotopic (exact) mass is 259 g/mol. The van der Waals surface area contributed by atoms with Gasteiger partial charge < -0.3 is 0 Å². The number of aryl methyl sites for hydroxylation is 2. The lowest BCUT2D eigenvalue weighted by Crippen LogP contribution is -2.38. The van der Waals surface area contributed by atoms with Crippen LogP contribution in [0.4, 0.5) is 13.2 Å². The van der Waals surface area contributed by atoms with E-state index in [9.17, 15) is 18.0 Å². The zero-order chi connectivity index (χ0) is 13.7. The van der Waals surface area contributed by atoms with Gasteiger partial charge in [0, 0.05) is 13.2 Å². The number of carbonyl (C=O) groups excluding carboxylic acids is 1. The molecule has 0 spiro atoms. The fraction of sp³-hybridized carbons (Fsp3) is 0.333. The van der Waals surface area contributed by atoms with Crippen LogP contribution in [0.5, 0.6) is 0 Å². The third-order valence-electron chi connectivity index (χ3n) is 2.35. The molecule has 96 valence electrons. The second kappa shape index (κ2) is 3.65. The normalized spacial score (nSPS) is 12.1. The largest absolute Gasteiger partial charge is 0.473 e. The lowest BCUT2D eigenvalue weighted by atomic mass is 10.4. The summed E-state index contributed by atoms with van der Waals surface area (Å²) in [4.78, 5) is 19.0. The first-order valence-corrected chi connectivity index (χ1v) is 4.81. The van der Waals surface area contributed by atoms with E-state index in [0.717, 1.165) is 4.68 Å². The van der Waals surface area contributed by atoms with Crippen molar-refractivity contribution in [2.45, 2.75) is 13.1 Å². The van der Waals surface area contributed by atoms with Crippen molar-refractivity contribution in [3.05, 3.63) is 17.4 Å². The summed E-state index contributed by atoms with van der Waals surface area (Å²) in [6.45, 7) is 1.61. The van der Waals surface area contributed by atoms with E-state index in [1.165, 1.54) is 13.2 Å². The molecule has 6 nitrogen and oxygen atoms in total. The van der Waals surface area contributed by atoms with Crippen LogP contribution in [-0.2, 0) is 7.05 Å². The quantitative estimate of drug-likeness (QED) is 0.758. The predicted octanol–water partition coefficient (Wildman–Crippen LogP) is 0.760. The number of rotatable bonds is 0. The maximum absolute atomic E-state index is 12.4. The van der Waals surface area contributed by atoms with Gasteiger partial charge >= 0.3 is 12.1 Å². The molecular weight excluding hydrogens is 251 g/mol. The van der Waals surface area contributed by atoms with Crippen LogP contribution in [0.2, 0.25) is 0 Å². The van der Waals surface area contributed by atoms with Gasteiger partial charge in [0.15, 0.2) is 16.7 Å². The van der Waals surface area contributed by atoms with Crippen LogP contribution in [0.15, 0.2) is 6.20 Å². The summed E-state index contributed by atoms with van der Waals surface area (Å²) in [6.07, 6.45) is -3.74. The van der Waals surface area contributed by atoms with E-state index >= 15 is 0 Å². The van der Waals surface area contributed by atoms with E-state index in [4.69, 9.17) is 5.41 Å². The number of halogens is 3. The molecule has 0 aliphatic rings. The van der Waals surface area contributed by atoms with Gasteiger partial charge in [0.05, 0.1) is 5.69 Å². The van der Waals surface area contributed by atoms with Gasteiger partial charge in [0.1, 0.15) is 0 Å².